The van der Waals surface area contributed by atoms with E-state index in [1.54, 1.807) is 12.1 Å². The minimum Gasteiger partial charge on any atom is -0.508 e. The molecule has 0 atom stereocenters. The van der Waals surface area contributed by atoms with Crippen molar-refractivity contribution in [2.75, 3.05) is 14.1 Å². The van der Waals surface area contributed by atoms with Crippen molar-refractivity contribution < 1.29 is 5.11 Å². The van der Waals surface area contributed by atoms with Gasteiger partial charge in [0.1, 0.15) is 5.75 Å². The van der Waals surface area contributed by atoms with Crippen LogP contribution in [0.15, 0.2) is 12.1 Å². The molecule has 0 saturated carbocycles. The highest BCUT2D eigenvalue weighted by atomic mass is 35.5. The van der Waals surface area contributed by atoms with Crippen LogP contribution in [-0.2, 0) is 6.54 Å². The van der Waals surface area contributed by atoms with E-state index in [2.05, 4.69) is 0 Å². The molecule has 0 heterocycles. The van der Waals surface area contributed by atoms with E-state index in [-0.39, 0.29) is 5.75 Å². The second kappa shape index (κ2) is 4.18. The summed E-state index contributed by atoms with van der Waals surface area (Å²) in [6, 6.07) is 3.13. The highest BCUT2D eigenvalue weighted by Gasteiger charge is 2.10. The number of nitrogens with zero attached hydrogens (tertiary/aromatic N) is 1. The van der Waals surface area contributed by atoms with Gasteiger partial charge in [0.15, 0.2) is 0 Å². The van der Waals surface area contributed by atoms with Gasteiger partial charge in [-0.2, -0.15) is 0 Å². The van der Waals surface area contributed by atoms with Crippen LogP contribution in [0.2, 0.25) is 10.0 Å². The van der Waals surface area contributed by atoms with Gasteiger partial charge in [-0.05, 0) is 26.2 Å². The summed E-state index contributed by atoms with van der Waals surface area (Å²) < 4.78 is 0. The van der Waals surface area contributed by atoms with E-state index < -0.39 is 0 Å². The van der Waals surface area contributed by atoms with Crippen molar-refractivity contribution in [3.8, 4) is 5.75 Å². The van der Waals surface area contributed by atoms with Gasteiger partial charge in [0.25, 0.3) is 0 Å². The molecule has 1 aromatic rings. The molecule has 0 saturated heterocycles. The molecule has 0 radical (unpaired) electrons. The molecule has 1 N–H and O–H groups in total. The van der Waals surface area contributed by atoms with Gasteiger partial charge < -0.3 is 10.0 Å². The lowest BCUT2D eigenvalue weighted by molar-refractivity contribution is 0.386. The van der Waals surface area contributed by atoms with Gasteiger partial charge in [-0.3, -0.25) is 0 Å². The van der Waals surface area contributed by atoms with E-state index in [9.17, 15) is 5.11 Å². The maximum atomic E-state index is 9.49. The number of benzene rings is 1. The quantitative estimate of drug-likeness (QED) is 0.828. The number of aromatic hydroxyl groups is 1. The summed E-state index contributed by atoms with van der Waals surface area (Å²) in [5.74, 6) is 0.183. The van der Waals surface area contributed by atoms with Crippen molar-refractivity contribution >= 4 is 23.2 Å². The molecule has 72 valence electrons. The fraction of sp³-hybridized carbons (Fsp3) is 0.333. The van der Waals surface area contributed by atoms with Crippen molar-refractivity contribution in [2.45, 2.75) is 6.54 Å². The molecule has 1 rings (SSSR count). The predicted octanol–water partition coefficient (Wildman–Crippen LogP) is 2.76. The van der Waals surface area contributed by atoms with Gasteiger partial charge in [-0.1, -0.05) is 23.2 Å². The van der Waals surface area contributed by atoms with Crippen molar-refractivity contribution in [2.24, 2.45) is 0 Å². The lowest BCUT2D eigenvalue weighted by Gasteiger charge is -2.13. The molecule has 0 unspecified atom stereocenters. The zero-order chi connectivity index (χ0) is 10.0. The highest BCUT2D eigenvalue weighted by molar-refractivity contribution is 6.42. The van der Waals surface area contributed by atoms with Gasteiger partial charge in [0.05, 0.1) is 10.0 Å². The Bertz CT molecular complexity index is 313. The molecule has 0 fully saturated rings. The lowest BCUT2D eigenvalue weighted by atomic mass is 10.2. The smallest absolute Gasteiger partial charge is 0.121 e. The molecule has 13 heavy (non-hydrogen) atoms. The fourth-order valence-corrected chi connectivity index (χ4v) is 1.45. The van der Waals surface area contributed by atoms with Crippen LogP contribution in [-0.4, -0.2) is 24.1 Å². The first-order valence-corrected chi connectivity index (χ1v) is 4.58. The van der Waals surface area contributed by atoms with Crippen LogP contribution >= 0.6 is 23.2 Å². The molecule has 0 spiro atoms. The molecule has 2 nitrogen and oxygen atoms in total. The summed E-state index contributed by atoms with van der Waals surface area (Å²) in [5.41, 5.74) is 0.666. The largest absolute Gasteiger partial charge is 0.508 e. The third-order valence-corrected chi connectivity index (χ3v) is 2.49. The van der Waals surface area contributed by atoms with Crippen molar-refractivity contribution in [3.05, 3.63) is 27.7 Å². The number of hydrogen-bond acceptors (Lipinski definition) is 2. The van der Waals surface area contributed by atoms with Crippen molar-refractivity contribution in [3.63, 3.8) is 0 Å². The lowest BCUT2D eigenvalue weighted by Crippen LogP contribution is -2.11. The van der Waals surface area contributed by atoms with Crippen molar-refractivity contribution in [1.82, 2.24) is 4.90 Å². The van der Waals surface area contributed by atoms with E-state index in [1.807, 2.05) is 19.0 Å². The zero-order valence-corrected chi connectivity index (χ0v) is 9.02. The van der Waals surface area contributed by atoms with Crippen LogP contribution in [0.3, 0.4) is 0 Å². The maximum Gasteiger partial charge on any atom is 0.121 e. The molecule has 4 heteroatoms. The standard InChI is InChI=1S/C9H11Cl2NO/c1-12(2)5-6-8(13)4-3-7(10)9(6)11/h3-4,13H,5H2,1-2H3. The maximum absolute atomic E-state index is 9.49. The first-order chi connectivity index (χ1) is 6.02. The van der Waals surface area contributed by atoms with Crippen LogP contribution in [0, 0.1) is 0 Å². The van der Waals surface area contributed by atoms with E-state index in [1.165, 1.54) is 0 Å². The number of phenols is 1. The fourth-order valence-electron chi connectivity index (χ4n) is 1.05. The first-order valence-electron chi connectivity index (χ1n) is 3.83. The van der Waals surface area contributed by atoms with Crippen LogP contribution < -0.4 is 0 Å². The minimum atomic E-state index is 0.183. The molecule has 0 aliphatic carbocycles. The van der Waals surface area contributed by atoms with Crippen LogP contribution in [0.4, 0.5) is 0 Å². The Kier molecular flexibility index (Phi) is 3.42. The van der Waals surface area contributed by atoms with Gasteiger partial charge in [0.2, 0.25) is 0 Å². The van der Waals surface area contributed by atoms with Crippen LogP contribution in [0.5, 0.6) is 5.75 Å². The third kappa shape index (κ3) is 2.50. The Labute approximate surface area is 87.7 Å². The summed E-state index contributed by atoms with van der Waals surface area (Å²) in [5, 5.41) is 10.4. The first kappa shape index (κ1) is 10.6. The van der Waals surface area contributed by atoms with Gasteiger partial charge in [0, 0.05) is 12.1 Å². The van der Waals surface area contributed by atoms with E-state index in [0.717, 1.165) is 0 Å². The Hall–Kier alpha value is -0.440. The average Bonchev–Trinajstić information content (AvgIpc) is 2.05. The second-order valence-electron chi connectivity index (χ2n) is 3.10. The Morgan fingerprint density at radius 1 is 1.31 bits per heavy atom. The number of halogens is 2. The molecular weight excluding hydrogens is 209 g/mol. The summed E-state index contributed by atoms with van der Waals surface area (Å²) >= 11 is 11.7. The van der Waals surface area contributed by atoms with E-state index in [4.69, 9.17) is 23.2 Å². The summed E-state index contributed by atoms with van der Waals surface area (Å²) in [6.45, 7) is 0.575. The van der Waals surface area contributed by atoms with E-state index in [0.29, 0.717) is 22.2 Å². The van der Waals surface area contributed by atoms with Gasteiger partial charge >= 0.3 is 0 Å². The Morgan fingerprint density at radius 2 is 1.92 bits per heavy atom. The molecule has 0 aromatic heterocycles. The summed E-state index contributed by atoms with van der Waals surface area (Å²) in [7, 11) is 3.80. The minimum absolute atomic E-state index is 0.183. The zero-order valence-electron chi connectivity index (χ0n) is 7.51. The highest BCUT2D eigenvalue weighted by Crippen LogP contribution is 2.32. The number of rotatable bonds is 2. The summed E-state index contributed by atoms with van der Waals surface area (Å²) in [4.78, 5) is 1.91. The monoisotopic (exact) mass is 219 g/mol. The van der Waals surface area contributed by atoms with Crippen LogP contribution in [0.1, 0.15) is 5.56 Å². The Balaban J connectivity index is 3.10. The molecule has 1 aromatic carbocycles. The van der Waals surface area contributed by atoms with Crippen molar-refractivity contribution in [1.29, 1.82) is 0 Å². The predicted molar refractivity (Wildman–Crippen MR) is 55.5 cm³/mol. The molecule has 0 bridgehead atoms. The van der Waals surface area contributed by atoms with E-state index >= 15 is 0 Å². The summed E-state index contributed by atoms with van der Waals surface area (Å²) in [6.07, 6.45) is 0. The normalized spacial score (nSPS) is 10.8. The third-order valence-electron chi connectivity index (χ3n) is 1.65. The Morgan fingerprint density at radius 3 is 2.46 bits per heavy atom. The molecule has 0 aliphatic heterocycles. The van der Waals surface area contributed by atoms with Crippen LogP contribution in [0.25, 0.3) is 0 Å². The molecule has 0 amide bonds. The SMILES string of the molecule is CN(C)Cc1c(O)ccc(Cl)c1Cl. The number of phenolic OH excluding ortho intramolecular Hbond substituents is 1. The van der Waals surface area contributed by atoms with Gasteiger partial charge in [-0.25, -0.2) is 0 Å². The molecular formula is C9H11Cl2NO. The average molecular weight is 220 g/mol. The molecule has 0 aliphatic rings. The topological polar surface area (TPSA) is 23.5 Å². The second-order valence-corrected chi connectivity index (χ2v) is 3.88. The number of hydrogen-bond donors (Lipinski definition) is 1. The van der Waals surface area contributed by atoms with Gasteiger partial charge in [-0.15, -0.1) is 0 Å².